The van der Waals surface area contributed by atoms with E-state index in [1.54, 1.807) is 13.8 Å². The fourth-order valence-corrected chi connectivity index (χ4v) is 2.24. The van der Waals surface area contributed by atoms with Crippen molar-refractivity contribution in [3.05, 3.63) is 0 Å². The van der Waals surface area contributed by atoms with Crippen molar-refractivity contribution in [3.63, 3.8) is 0 Å². The first-order valence-corrected chi connectivity index (χ1v) is 5.72. The van der Waals surface area contributed by atoms with Gasteiger partial charge in [-0.1, -0.05) is 20.3 Å². The monoisotopic (exact) mass is 213 g/mol. The van der Waals surface area contributed by atoms with Crippen LogP contribution in [0.15, 0.2) is 0 Å². The van der Waals surface area contributed by atoms with Crippen LogP contribution in [0.3, 0.4) is 0 Å². The molecule has 0 aromatic rings. The summed E-state index contributed by atoms with van der Waals surface area (Å²) in [5.41, 5.74) is -0.706. The van der Waals surface area contributed by atoms with Crippen molar-refractivity contribution in [2.24, 2.45) is 11.3 Å². The third-order valence-corrected chi connectivity index (χ3v) is 3.27. The highest BCUT2D eigenvalue weighted by molar-refractivity contribution is 5.79. The van der Waals surface area contributed by atoms with Crippen LogP contribution in [0.1, 0.15) is 47.0 Å². The molecule has 3 heteroatoms. The number of carbonyl (C=O) groups is 1. The first kappa shape index (κ1) is 12.5. The third-order valence-electron chi connectivity index (χ3n) is 3.27. The van der Waals surface area contributed by atoms with Crippen molar-refractivity contribution in [1.82, 2.24) is 5.32 Å². The summed E-state index contributed by atoms with van der Waals surface area (Å²) in [4.78, 5) is 11.9. The van der Waals surface area contributed by atoms with Gasteiger partial charge in [-0.05, 0) is 32.1 Å². The molecule has 88 valence electrons. The minimum Gasteiger partial charge on any atom is -0.389 e. The molecule has 0 radical (unpaired) electrons. The van der Waals surface area contributed by atoms with Crippen LogP contribution in [0, 0.1) is 11.3 Å². The molecule has 3 nitrogen and oxygen atoms in total. The molecule has 1 saturated carbocycles. The predicted molar refractivity (Wildman–Crippen MR) is 60.4 cm³/mol. The van der Waals surface area contributed by atoms with E-state index in [0.29, 0.717) is 6.54 Å². The van der Waals surface area contributed by atoms with E-state index in [4.69, 9.17) is 0 Å². The van der Waals surface area contributed by atoms with Crippen LogP contribution in [0.25, 0.3) is 0 Å². The number of hydrogen-bond donors (Lipinski definition) is 2. The van der Waals surface area contributed by atoms with Crippen LogP contribution in [0.5, 0.6) is 0 Å². The summed E-state index contributed by atoms with van der Waals surface area (Å²) < 4.78 is 0. The SMILES string of the molecule is CC(C)(O)CNC(=O)C1CCCC1(C)C. The van der Waals surface area contributed by atoms with Gasteiger partial charge in [-0.25, -0.2) is 0 Å². The number of aliphatic hydroxyl groups is 1. The molecule has 1 rings (SSSR count). The summed E-state index contributed by atoms with van der Waals surface area (Å²) in [5.74, 6) is 0.208. The second-order valence-corrected chi connectivity index (χ2v) is 5.96. The first-order valence-electron chi connectivity index (χ1n) is 5.72. The number of carbonyl (C=O) groups excluding carboxylic acids is 1. The van der Waals surface area contributed by atoms with E-state index in [0.717, 1.165) is 19.3 Å². The average molecular weight is 213 g/mol. The maximum Gasteiger partial charge on any atom is 0.223 e. The zero-order valence-electron chi connectivity index (χ0n) is 10.3. The summed E-state index contributed by atoms with van der Waals surface area (Å²) >= 11 is 0. The van der Waals surface area contributed by atoms with Gasteiger partial charge in [0.1, 0.15) is 0 Å². The van der Waals surface area contributed by atoms with E-state index in [1.807, 2.05) is 0 Å². The Kier molecular flexibility index (Phi) is 3.44. The van der Waals surface area contributed by atoms with Gasteiger partial charge in [-0.15, -0.1) is 0 Å². The largest absolute Gasteiger partial charge is 0.389 e. The molecule has 0 aromatic carbocycles. The van der Waals surface area contributed by atoms with Crippen LogP contribution in [-0.4, -0.2) is 23.2 Å². The summed E-state index contributed by atoms with van der Waals surface area (Å²) in [6, 6.07) is 0. The predicted octanol–water partition coefficient (Wildman–Crippen LogP) is 1.70. The molecule has 1 amide bonds. The molecule has 0 aliphatic heterocycles. The molecule has 0 spiro atoms. The molecule has 0 saturated heterocycles. The Morgan fingerprint density at radius 2 is 2.13 bits per heavy atom. The molecule has 0 bridgehead atoms. The molecule has 2 N–H and O–H groups in total. The van der Waals surface area contributed by atoms with Crippen molar-refractivity contribution in [2.75, 3.05) is 6.54 Å². The summed E-state index contributed by atoms with van der Waals surface area (Å²) in [5, 5.41) is 12.4. The first-order chi connectivity index (χ1) is 6.72. The van der Waals surface area contributed by atoms with Gasteiger partial charge in [-0.3, -0.25) is 4.79 Å². The Morgan fingerprint density at radius 3 is 2.53 bits per heavy atom. The summed E-state index contributed by atoms with van der Waals surface area (Å²) in [6.45, 7) is 8.03. The molecule has 0 aromatic heterocycles. The van der Waals surface area contributed by atoms with Gasteiger partial charge >= 0.3 is 0 Å². The smallest absolute Gasteiger partial charge is 0.223 e. The van der Waals surface area contributed by atoms with Crippen LogP contribution < -0.4 is 5.32 Å². The van der Waals surface area contributed by atoms with Crippen molar-refractivity contribution in [1.29, 1.82) is 0 Å². The van der Waals surface area contributed by atoms with Gasteiger partial charge in [0, 0.05) is 12.5 Å². The molecule has 15 heavy (non-hydrogen) atoms. The fourth-order valence-electron chi connectivity index (χ4n) is 2.24. The van der Waals surface area contributed by atoms with E-state index in [2.05, 4.69) is 19.2 Å². The van der Waals surface area contributed by atoms with Gasteiger partial charge in [0.05, 0.1) is 5.60 Å². The van der Waals surface area contributed by atoms with Gasteiger partial charge in [0.2, 0.25) is 5.91 Å². The Hall–Kier alpha value is -0.570. The van der Waals surface area contributed by atoms with Crippen LogP contribution in [-0.2, 0) is 4.79 Å². The van der Waals surface area contributed by atoms with Gasteiger partial charge in [-0.2, -0.15) is 0 Å². The van der Waals surface area contributed by atoms with E-state index in [9.17, 15) is 9.90 Å². The van der Waals surface area contributed by atoms with Gasteiger partial charge < -0.3 is 10.4 Å². The summed E-state index contributed by atoms with van der Waals surface area (Å²) in [7, 11) is 0. The number of hydrogen-bond acceptors (Lipinski definition) is 2. The minimum atomic E-state index is -0.821. The van der Waals surface area contributed by atoms with Crippen LogP contribution in [0.4, 0.5) is 0 Å². The van der Waals surface area contributed by atoms with Crippen LogP contribution >= 0.6 is 0 Å². The molecular weight excluding hydrogens is 190 g/mol. The van der Waals surface area contributed by atoms with Crippen molar-refractivity contribution >= 4 is 5.91 Å². The zero-order valence-corrected chi connectivity index (χ0v) is 10.3. The third kappa shape index (κ3) is 3.49. The number of rotatable bonds is 3. The highest BCUT2D eigenvalue weighted by Gasteiger charge is 2.39. The van der Waals surface area contributed by atoms with E-state index in [1.165, 1.54) is 0 Å². The number of nitrogens with one attached hydrogen (secondary N) is 1. The quantitative estimate of drug-likeness (QED) is 0.749. The highest BCUT2D eigenvalue weighted by atomic mass is 16.3. The van der Waals surface area contributed by atoms with Crippen molar-refractivity contribution in [3.8, 4) is 0 Å². The molecule has 1 aliphatic rings. The summed E-state index contributed by atoms with van der Waals surface area (Å²) in [6.07, 6.45) is 3.23. The van der Waals surface area contributed by atoms with E-state index >= 15 is 0 Å². The fraction of sp³-hybridized carbons (Fsp3) is 0.917. The van der Waals surface area contributed by atoms with E-state index < -0.39 is 5.60 Å². The lowest BCUT2D eigenvalue weighted by Gasteiger charge is -2.27. The zero-order chi connectivity index (χ0) is 11.7. The normalized spacial score (nSPS) is 25.3. The molecule has 0 heterocycles. The molecule has 1 atom stereocenters. The topological polar surface area (TPSA) is 49.3 Å². The van der Waals surface area contributed by atoms with Gasteiger partial charge in [0.15, 0.2) is 0 Å². The Labute approximate surface area is 92.3 Å². The second kappa shape index (κ2) is 4.12. The van der Waals surface area contributed by atoms with Gasteiger partial charge in [0.25, 0.3) is 0 Å². The molecule has 1 fully saturated rings. The number of amides is 1. The second-order valence-electron chi connectivity index (χ2n) is 5.96. The highest BCUT2D eigenvalue weighted by Crippen LogP contribution is 2.42. The Bertz CT molecular complexity index is 240. The maximum absolute atomic E-state index is 11.9. The van der Waals surface area contributed by atoms with E-state index in [-0.39, 0.29) is 17.2 Å². The van der Waals surface area contributed by atoms with Crippen LogP contribution in [0.2, 0.25) is 0 Å². The van der Waals surface area contributed by atoms with Crippen molar-refractivity contribution < 1.29 is 9.90 Å². The lowest BCUT2D eigenvalue weighted by atomic mass is 9.81. The minimum absolute atomic E-state index is 0.0969. The average Bonchev–Trinajstić information content (AvgIpc) is 2.40. The lowest BCUT2D eigenvalue weighted by Crippen LogP contribution is -2.43. The maximum atomic E-state index is 11.9. The van der Waals surface area contributed by atoms with Crippen molar-refractivity contribution in [2.45, 2.75) is 52.6 Å². The molecular formula is C12H23NO2. The Morgan fingerprint density at radius 1 is 1.53 bits per heavy atom. The molecule has 1 unspecified atom stereocenters. The Balaban J connectivity index is 2.48. The molecule has 1 aliphatic carbocycles. The standard InChI is InChI=1S/C12H23NO2/c1-11(2)7-5-6-9(11)10(14)13-8-12(3,4)15/h9,15H,5-8H2,1-4H3,(H,13,14). The lowest BCUT2D eigenvalue weighted by molar-refractivity contribution is -0.128.